The van der Waals surface area contributed by atoms with Crippen LogP contribution in [0.15, 0.2) is 4.42 Å². The molecule has 7 aromatic carbocycles. The molecule has 0 N–H and O–H groups in total. The smallest absolute Gasteiger partial charge is 0.143 e. The summed E-state index contributed by atoms with van der Waals surface area (Å²) in [6, 6.07) is 0. The molecule has 0 spiro atoms. The molecule has 0 aliphatic rings. The van der Waals surface area contributed by atoms with Gasteiger partial charge >= 0.3 is 0 Å². The van der Waals surface area contributed by atoms with Gasteiger partial charge in [0.2, 0.25) is 0 Å². The van der Waals surface area contributed by atoms with Crippen molar-refractivity contribution in [3.05, 3.63) is 0 Å². The average Bonchev–Trinajstić information content (AvgIpc) is 3.66. The standard InChI is InChI=1S/C38H48B24O/c39-13-3-1(7-18(44)28(54)33(59)29(55)19(7)45)5-6(16(42)27(53)26(52)15(5)41)2(8-20(46)30(56)34(60)31(57)21(8)47)4(3)14(40)17(43)9(13)10-22(48)25(51)23(49)11-12-24(50)32(58)35(61)36(62)38(12)63-37(10)11/h39-62H2. The largest absolute Gasteiger partial charge is 0.456 e. The van der Waals surface area contributed by atoms with Gasteiger partial charge in [-0.1, -0.05) is 81.9 Å². The Kier molecular flexibility index (Phi) is 11.3. The first-order valence-electron chi connectivity index (χ1n) is 23.4. The fraction of sp³-hybridized carbons (Fsp3) is 0. The van der Waals surface area contributed by atoms with E-state index in [0.717, 1.165) is 11.2 Å². The normalized spacial score (nSPS) is 11.7. The SMILES string of the molecule is Bc1c(B)c(B)c(-c2c3c(B)c(B)c(B)c(B)c3c(-c3c(B)c(B)c(B)c(B)c3B)c3c(B)c(-c4c(B)c(B)c(B)c5c4oc4c(B)c(B)c(B)c(B)c45)c(B)c(B)c23)c(B)c1B. The highest BCUT2D eigenvalue weighted by atomic mass is 16.3. The molecule has 8 rings (SSSR count). The second-order valence-electron chi connectivity index (χ2n) is 20.3. The van der Waals surface area contributed by atoms with E-state index in [-0.39, 0.29) is 0 Å². The molecule has 0 bridgehead atoms. The summed E-state index contributed by atoms with van der Waals surface area (Å²) < 4.78 is 7.36. The predicted molar refractivity (Wildman–Crippen MR) is 361 cm³/mol. The molecule has 0 saturated heterocycles. The van der Waals surface area contributed by atoms with Crippen LogP contribution in [0.1, 0.15) is 0 Å². The van der Waals surface area contributed by atoms with Gasteiger partial charge in [-0.15, -0.1) is 49.2 Å². The lowest BCUT2D eigenvalue weighted by atomic mass is 9.55. The molecule has 25 heteroatoms. The van der Waals surface area contributed by atoms with E-state index in [0.29, 0.717) is 0 Å². The molecule has 0 fully saturated rings. The van der Waals surface area contributed by atoms with Crippen molar-refractivity contribution < 1.29 is 4.42 Å². The van der Waals surface area contributed by atoms with Crippen molar-refractivity contribution in [3.63, 3.8) is 0 Å². The Morgan fingerprint density at radius 1 is 0.143 bits per heavy atom. The van der Waals surface area contributed by atoms with Crippen LogP contribution in [0.3, 0.4) is 0 Å². The quantitative estimate of drug-likeness (QED) is 0.129. The monoisotopic (exact) mass is 785 g/mol. The van der Waals surface area contributed by atoms with Crippen LogP contribution in [0, 0.1) is 0 Å². The summed E-state index contributed by atoms with van der Waals surface area (Å²) >= 11 is 0. The van der Waals surface area contributed by atoms with Gasteiger partial charge in [-0.2, -0.15) is 0 Å². The van der Waals surface area contributed by atoms with E-state index >= 15 is 0 Å². The number of hydrogen-bond donors (Lipinski definition) is 0. The zero-order chi connectivity index (χ0) is 46.6. The van der Waals surface area contributed by atoms with E-state index in [1.54, 1.807) is 0 Å². The second kappa shape index (κ2) is 15.5. The van der Waals surface area contributed by atoms with Crippen LogP contribution in [-0.2, 0) is 0 Å². The van der Waals surface area contributed by atoms with Gasteiger partial charge in [-0.25, -0.2) is 0 Å². The molecule has 1 aromatic heterocycles. The Bertz CT molecular complexity index is 3440. The van der Waals surface area contributed by atoms with Gasteiger partial charge in [-0.3, -0.25) is 0 Å². The number of hydrogen-bond acceptors (Lipinski definition) is 1. The molecule has 0 amide bonds. The van der Waals surface area contributed by atoms with Crippen LogP contribution in [0.2, 0.25) is 0 Å². The van der Waals surface area contributed by atoms with Crippen molar-refractivity contribution >= 4 is 363 Å². The molecule has 0 saturated carbocycles. The first-order chi connectivity index (χ1) is 29.3. The molecule has 0 aliphatic heterocycles. The van der Waals surface area contributed by atoms with E-state index in [2.05, 4.69) is 188 Å². The van der Waals surface area contributed by atoms with Crippen molar-refractivity contribution in [1.82, 2.24) is 0 Å². The third-order valence-electron chi connectivity index (χ3n) is 18.2. The molecule has 0 radical (unpaired) electrons. The van der Waals surface area contributed by atoms with Gasteiger partial charge in [0, 0.05) is 16.3 Å². The Hall–Kier alpha value is -3.58. The summed E-state index contributed by atoms with van der Waals surface area (Å²) in [5.41, 5.74) is 42.9. The van der Waals surface area contributed by atoms with E-state index in [9.17, 15) is 0 Å². The Labute approximate surface area is 398 Å². The molecular weight excluding hydrogens is 732 g/mol. The third kappa shape index (κ3) is 5.97. The van der Waals surface area contributed by atoms with Crippen LogP contribution in [0.25, 0.3) is 76.9 Å². The van der Waals surface area contributed by atoms with E-state index < -0.39 is 0 Å². The summed E-state index contributed by atoms with van der Waals surface area (Å²) in [5.74, 6) is 0. The molecule has 0 atom stereocenters. The minimum atomic E-state index is 1.03. The fourth-order valence-corrected chi connectivity index (χ4v) is 12.2. The van der Waals surface area contributed by atoms with Gasteiger partial charge < -0.3 is 4.42 Å². The maximum Gasteiger partial charge on any atom is 0.143 e. The third-order valence-corrected chi connectivity index (χ3v) is 18.2. The van der Waals surface area contributed by atoms with Crippen molar-refractivity contribution in [3.8, 4) is 33.4 Å². The first-order valence-corrected chi connectivity index (χ1v) is 23.4. The average molecular weight is 780 g/mol. The van der Waals surface area contributed by atoms with Crippen LogP contribution in [0.4, 0.5) is 0 Å². The van der Waals surface area contributed by atoms with Crippen molar-refractivity contribution in [2.45, 2.75) is 0 Å². The topological polar surface area (TPSA) is 13.1 Å². The molecule has 1 heterocycles. The number of furan rings is 1. The summed E-state index contributed by atoms with van der Waals surface area (Å²) in [6.07, 6.45) is 0. The molecule has 63 heavy (non-hydrogen) atoms. The predicted octanol–water partition coefficient (Wildman–Crippen LogP) is -30.9. The van der Waals surface area contributed by atoms with Gasteiger partial charge in [0.1, 0.15) is 199 Å². The Morgan fingerprint density at radius 3 is 0.730 bits per heavy atom. The van der Waals surface area contributed by atoms with Crippen molar-refractivity contribution in [2.24, 2.45) is 0 Å². The molecule has 8 aromatic rings. The van der Waals surface area contributed by atoms with Gasteiger partial charge in [0.05, 0.1) is 0 Å². The van der Waals surface area contributed by atoms with Gasteiger partial charge in [0.25, 0.3) is 0 Å². The second-order valence-corrected chi connectivity index (χ2v) is 20.3. The van der Waals surface area contributed by atoms with Crippen molar-refractivity contribution in [2.75, 3.05) is 0 Å². The number of fused-ring (bicyclic) bond motifs is 5. The number of benzene rings is 7. The van der Waals surface area contributed by atoms with Crippen LogP contribution in [0.5, 0.6) is 0 Å². The van der Waals surface area contributed by atoms with E-state index in [1.165, 1.54) is 197 Å². The molecule has 0 aliphatic carbocycles. The molecule has 1 nitrogen and oxygen atoms in total. The van der Waals surface area contributed by atoms with Gasteiger partial charge in [0.15, 0.2) is 0 Å². The fourth-order valence-electron chi connectivity index (χ4n) is 12.2. The lowest BCUT2D eigenvalue weighted by Crippen LogP contribution is -2.56. The first kappa shape index (κ1) is 46.0. The Balaban J connectivity index is 1.79. The highest BCUT2D eigenvalue weighted by molar-refractivity contribution is 6.76. The highest BCUT2D eigenvalue weighted by Crippen LogP contribution is 2.40. The highest BCUT2D eigenvalue weighted by Gasteiger charge is 2.31. The molecular formula is C38H48B24O. The zero-order valence-corrected chi connectivity index (χ0v) is 43.4. The molecule has 0 unspecified atom stereocenters. The summed E-state index contributed by atoms with van der Waals surface area (Å²) in [7, 11) is 56.4. The van der Waals surface area contributed by atoms with Crippen molar-refractivity contribution in [1.29, 1.82) is 0 Å². The summed E-state index contributed by atoms with van der Waals surface area (Å²) in [6.45, 7) is 0. The number of rotatable bonds is 3. The maximum absolute atomic E-state index is 7.36. The van der Waals surface area contributed by atoms with E-state index in [1.807, 2.05) is 0 Å². The summed E-state index contributed by atoms with van der Waals surface area (Å²) in [4.78, 5) is 0. The minimum Gasteiger partial charge on any atom is -0.456 e. The molecule has 278 valence electrons. The maximum atomic E-state index is 7.36. The lowest BCUT2D eigenvalue weighted by Gasteiger charge is -2.32. The van der Waals surface area contributed by atoms with Gasteiger partial charge in [-0.05, 0) is 49.4 Å². The van der Waals surface area contributed by atoms with Crippen LogP contribution >= 0.6 is 0 Å². The van der Waals surface area contributed by atoms with Crippen LogP contribution < -0.4 is 131 Å². The lowest BCUT2D eigenvalue weighted by molar-refractivity contribution is 0.673. The minimum absolute atomic E-state index is 1.03. The zero-order valence-electron chi connectivity index (χ0n) is 43.4. The van der Waals surface area contributed by atoms with Crippen LogP contribution in [-0.4, -0.2) is 188 Å². The Morgan fingerprint density at radius 2 is 0.349 bits per heavy atom. The van der Waals surface area contributed by atoms with E-state index in [4.69, 9.17) is 4.42 Å². The summed E-state index contributed by atoms with van der Waals surface area (Å²) in [5, 5.41) is 8.14.